The van der Waals surface area contributed by atoms with Gasteiger partial charge in [-0.05, 0) is 59.4 Å². The minimum Gasteiger partial charge on any atom is -0.462 e. The fourth-order valence-corrected chi connectivity index (χ4v) is 4.53. The molecule has 2 heterocycles. The topological polar surface area (TPSA) is 107 Å². The lowest BCUT2D eigenvalue weighted by Gasteiger charge is -2.30. The molecule has 1 aliphatic heterocycles. The maximum atomic E-state index is 15.6. The molecular weight excluding hydrogens is 457 g/mol. The van der Waals surface area contributed by atoms with Crippen LogP contribution in [0.3, 0.4) is 0 Å². The number of hydrogen-bond acceptors (Lipinski definition) is 7. The average molecular weight is 488 g/mol. The molecule has 188 valence electrons. The maximum Gasteiger partial charge on any atom is 0.409 e. The van der Waals surface area contributed by atoms with Crippen LogP contribution >= 0.6 is 0 Å². The molecule has 10 heteroatoms. The zero-order valence-corrected chi connectivity index (χ0v) is 20.4. The van der Waals surface area contributed by atoms with E-state index in [1.165, 1.54) is 6.20 Å². The highest BCUT2D eigenvalue weighted by Crippen LogP contribution is 2.40. The number of ether oxygens (including phenoxy) is 2. The van der Waals surface area contributed by atoms with E-state index in [1.54, 1.807) is 37.2 Å². The van der Waals surface area contributed by atoms with Gasteiger partial charge in [0.05, 0.1) is 28.8 Å². The molecule has 0 spiro atoms. The third kappa shape index (κ3) is 4.87. The first-order valence-electron chi connectivity index (χ1n) is 11.9. The van der Waals surface area contributed by atoms with Crippen molar-refractivity contribution in [2.45, 2.75) is 71.2 Å². The molecule has 1 amide bonds. The lowest BCUT2D eigenvalue weighted by atomic mass is 10.0. The third-order valence-corrected chi connectivity index (χ3v) is 6.06. The molecule has 1 saturated carbocycles. The third-order valence-electron chi connectivity index (χ3n) is 6.06. The van der Waals surface area contributed by atoms with Crippen molar-refractivity contribution in [3.05, 3.63) is 39.4 Å². The number of nitrogens with zero attached hydrogens (tertiary/aromatic N) is 2. The average Bonchev–Trinajstić information content (AvgIpc) is 3.52. The van der Waals surface area contributed by atoms with Crippen molar-refractivity contribution >= 4 is 34.9 Å². The predicted octanol–water partition coefficient (Wildman–Crippen LogP) is 3.92. The van der Waals surface area contributed by atoms with Crippen LogP contribution in [0.25, 0.3) is 10.9 Å². The number of amides is 1. The van der Waals surface area contributed by atoms with Crippen LogP contribution in [-0.4, -0.2) is 47.8 Å². The smallest absolute Gasteiger partial charge is 0.409 e. The van der Waals surface area contributed by atoms with Gasteiger partial charge in [0, 0.05) is 18.8 Å². The van der Waals surface area contributed by atoms with E-state index < -0.39 is 35.1 Å². The molecule has 35 heavy (non-hydrogen) atoms. The summed E-state index contributed by atoms with van der Waals surface area (Å²) in [6.45, 7) is 7.36. The van der Waals surface area contributed by atoms with Crippen LogP contribution in [0.2, 0.25) is 0 Å². The molecular formula is C25H30FN3O6. The maximum absolute atomic E-state index is 15.6. The molecule has 1 saturated heterocycles. The minimum atomic E-state index is -0.785. The Kier molecular flexibility index (Phi) is 6.57. The van der Waals surface area contributed by atoms with E-state index in [-0.39, 0.29) is 40.4 Å². The van der Waals surface area contributed by atoms with Gasteiger partial charge in [-0.25, -0.2) is 14.0 Å². The standard InChI is InChI=1S/C25H30FN3O6/c1-5-34-23(32)16-12-29(14-8-9-14)20-15(22(16)31)11-18(26)21(17(20)13-30)28-10-6-7-19(28)27-24(33)35-25(2,3)4/h11-14,19H,5-10H2,1-4H3,(H,27,33). The molecule has 1 aromatic heterocycles. The number of alkyl carbamates (subject to hydrolysis) is 1. The van der Waals surface area contributed by atoms with Gasteiger partial charge >= 0.3 is 12.1 Å². The van der Waals surface area contributed by atoms with E-state index in [9.17, 15) is 19.2 Å². The Morgan fingerprint density at radius 3 is 2.57 bits per heavy atom. The predicted molar refractivity (Wildman–Crippen MR) is 128 cm³/mol. The molecule has 0 bridgehead atoms. The second kappa shape index (κ2) is 9.31. The summed E-state index contributed by atoms with van der Waals surface area (Å²) in [6.07, 6.45) is 3.52. The van der Waals surface area contributed by atoms with E-state index in [1.807, 2.05) is 0 Å². The Morgan fingerprint density at radius 1 is 1.26 bits per heavy atom. The Morgan fingerprint density at radius 2 is 1.97 bits per heavy atom. The molecule has 1 atom stereocenters. The number of aldehydes is 1. The molecule has 1 N–H and O–H groups in total. The number of nitrogens with one attached hydrogen (secondary N) is 1. The van der Waals surface area contributed by atoms with Gasteiger partial charge in [-0.3, -0.25) is 9.59 Å². The van der Waals surface area contributed by atoms with Gasteiger partial charge < -0.3 is 24.3 Å². The number of hydrogen-bond donors (Lipinski definition) is 1. The lowest BCUT2D eigenvalue weighted by molar-refractivity contribution is 0.0501. The first-order valence-corrected chi connectivity index (χ1v) is 11.9. The summed E-state index contributed by atoms with van der Waals surface area (Å²) in [5.41, 5.74) is -1.28. The number of esters is 1. The van der Waals surface area contributed by atoms with Crippen LogP contribution in [0.4, 0.5) is 14.9 Å². The Bertz CT molecular complexity index is 1240. The molecule has 2 fully saturated rings. The number of pyridine rings is 1. The van der Waals surface area contributed by atoms with Crippen LogP contribution in [0.5, 0.6) is 0 Å². The molecule has 1 unspecified atom stereocenters. The Balaban J connectivity index is 1.85. The van der Waals surface area contributed by atoms with Gasteiger partial charge in [-0.15, -0.1) is 0 Å². The first kappa shape index (κ1) is 24.7. The summed E-state index contributed by atoms with van der Waals surface area (Å²) in [5, 5.41) is 2.71. The number of fused-ring (bicyclic) bond motifs is 1. The number of carbonyl (C=O) groups is 3. The molecule has 1 aromatic carbocycles. The van der Waals surface area contributed by atoms with Crippen LogP contribution in [-0.2, 0) is 9.47 Å². The summed E-state index contributed by atoms with van der Waals surface area (Å²) in [5.74, 6) is -1.56. The highest BCUT2D eigenvalue weighted by atomic mass is 19.1. The fraction of sp³-hybridized carbons (Fsp3) is 0.520. The van der Waals surface area contributed by atoms with Gasteiger partial charge in [-0.2, -0.15) is 0 Å². The number of aromatic nitrogens is 1. The van der Waals surface area contributed by atoms with Crippen molar-refractivity contribution in [2.24, 2.45) is 0 Å². The number of rotatable bonds is 6. The van der Waals surface area contributed by atoms with E-state index in [2.05, 4.69) is 5.32 Å². The highest BCUT2D eigenvalue weighted by molar-refractivity contribution is 6.04. The number of anilines is 1. The molecule has 2 aliphatic rings. The van der Waals surface area contributed by atoms with E-state index in [0.717, 1.165) is 18.9 Å². The summed E-state index contributed by atoms with van der Waals surface area (Å²) in [4.78, 5) is 51.9. The summed E-state index contributed by atoms with van der Waals surface area (Å²) >= 11 is 0. The van der Waals surface area contributed by atoms with Crippen molar-refractivity contribution in [1.29, 1.82) is 0 Å². The highest BCUT2D eigenvalue weighted by Gasteiger charge is 2.35. The molecule has 2 aromatic rings. The van der Waals surface area contributed by atoms with E-state index in [4.69, 9.17) is 9.47 Å². The Hall–Kier alpha value is -3.43. The van der Waals surface area contributed by atoms with Crippen molar-refractivity contribution in [2.75, 3.05) is 18.1 Å². The quantitative estimate of drug-likeness (QED) is 0.486. The van der Waals surface area contributed by atoms with Crippen molar-refractivity contribution in [3.63, 3.8) is 0 Å². The zero-order chi connectivity index (χ0) is 25.5. The van der Waals surface area contributed by atoms with Gasteiger partial charge in [0.25, 0.3) is 0 Å². The number of halogens is 1. The Labute approximate surface area is 202 Å². The van der Waals surface area contributed by atoms with Gasteiger partial charge in [-0.1, -0.05) is 0 Å². The summed E-state index contributed by atoms with van der Waals surface area (Å²) in [7, 11) is 0. The van der Waals surface area contributed by atoms with Crippen LogP contribution in [0.15, 0.2) is 17.1 Å². The SMILES string of the molecule is CCOC(=O)c1cn(C2CC2)c2c(C=O)c(N3CCCC3NC(=O)OC(C)(C)C)c(F)cc2c1=O. The van der Waals surface area contributed by atoms with Gasteiger partial charge in [0.1, 0.15) is 23.1 Å². The summed E-state index contributed by atoms with van der Waals surface area (Å²) < 4.78 is 27.7. The van der Waals surface area contributed by atoms with Crippen LogP contribution < -0.4 is 15.6 Å². The molecule has 4 rings (SSSR count). The van der Waals surface area contributed by atoms with E-state index >= 15 is 4.39 Å². The number of benzene rings is 1. The van der Waals surface area contributed by atoms with Gasteiger partial charge in [0.15, 0.2) is 6.29 Å². The molecule has 1 aliphatic carbocycles. The van der Waals surface area contributed by atoms with Crippen LogP contribution in [0.1, 0.15) is 80.1 Å². The molecule has 9 nitrogen and oxygen atoms in total. The normalized spacial score (nSPS) is 18.0. The van der Waals surface area contributed by atoms with Crippen LogP contribution in [0, 0.1) is 5.82 Å². The lowest BCUT2D eigenvalue weighted by Crippen LogP contribution is -2.47. The fourth-order valence-electron chi connectivity index (χ4n) is 4.53. The summed E-state index contributed by atoms with van der Waals surface area (Å²) in [6, 6.07) is 1.06. The second-order valence-electron chi connectivity index (χ2n) is 9.86. The molecule has 0 radical (unpaired) electrons. The minimum absolute atomic E-state index is 0.0114. The zero-order valence-electron chi connectivity index (χ0n) is 20.4. The monoisotopic (exact) mass is 487 g/mol. The second-order valence-corrected chi connectivity index (χ2v) is 9.86. The van der Waals surface area contributed by atoms with Crippen molar-refractivity contribution in [3.8, 4) is 0 Å². The van der Waals surface area contributed by atoms with Crippen molar-refractivity contribution < 1.29 is 28.2 Å². The van der Waals surface area contributed by atoms with Crippen molar-refractivity contribution in [1.82, 2.24) is 9.88 Å². The van der Waals surface area contributed by atoms with Gasteiger partial charge in [0.2, 0.25) is 5.43 Å². The first-order chi connectivity index (χ1) is 16.6. The largest absolute Gasteiger partial charge is 0.462 e. The van der Waals surface area contributed by atoms with E-state index in [0.29, 0.717) is 25.7 Å². The number of carbonyl (C=O) groups excluding carboxylic acids is 3.